The van der Waals surface area contributed by atoms with E-state index in [9.17, 15) is 9.59 Å². The minimum absolute atomic E-state index is 0.153. The van der Waals surface area contributed by atoms with Gasteiger partial charge in [-0.15, -0.1) is 0 Å². The number of amides is 1. The summed E-state index contributed by atoms with van der Waals surface area (Å²) in [6.07, 6.45) is 8.82. The van der Waals surface area contributed by atoms with Crippen molar-refractivity contribution in [3.05, 3.63) is 71.4 Å². The number of rotatable bonds is 4. The molecular formula is C24H23N5O2. The standard InChI is InChI=1S/C24H23N5O2/c30-23(16-29-24(31)18-7-3-2-6-17(18)14-26-29)27-21-8-9-22(28-12-4-1-5-13-28)19-10-11-25-15-20(19)21/h2-3,6-11,14-15H,1,4-5,12-13,16H2,(H,27,30). The van der Waals surface area contributed by atoms with E-state index >= 15 is 0 Å². The van der Waals surface area contributed by atoms with Crippen molar-refractivity contribution in [2.24, 2.45) is 0 Å². The number of hydrogen-bond acceptors (Lipinski definition) is 5. The molecule has 1 N–H and O–H groups in total. The highest BCUT2D eigenvalue weighted by Gasteiger charge is 2.16. The number of carbonyl (C=O) groups excluding carboxylic acids is 1. The Kier molecular flexibility index (Phi) is 5.08. The fraction of sp³-hybridized carbons (Fsp3) is 0.250. The maximum Gasteiger partial charge on any atom is 0.275 e. The minimum Gasteiger partial charge on any atom is -0.371 e. The minimum atomic E-state index is -0.305. The van der Waals surface area contributed by atoms with Crippen LogP contribution >= 0.6 is 0 Å². The normalized spacial score (nSPS) is 14.1. The number of nitrogens with one attached hydrogen (secondary N) is 1. The van der Waals surface area contributed by atoms with Crippen LogP contribution in [0.2, 0.25) is 0 Å². The first-order valence-corrected chi connectivity index (χ1v) is 10.6. The average Bonchev–Trinajstić information content (AvgIpc) is 2.82. The zero-order chi connectivity index (χ0) is 21.2. The SMILES string of the molecule is O=C(Cn1ncc2ccccc2c1=O)Nc1ccc(N2CCCCC2)c2ccncc12. The second kappa shape index (κ2) is 8.18. The second-order valence-corrected chi connectivity index (χ2v) is 7.84. The van der Waals surface area contributed by atoms with Crippen LogP contribution in [0.15, 0.2) is 65.8 Å². The van der Waals surface area contributed by atoms with Crippen molar-refractivity contribution < 1.29 is 4.79 Å². The maximum atomic E-state index is 12.8. The molecule has 2 aromatic heterocycles. The first-order chi connectivity index (χ1) is 15.2. The van der Waals surface area contributed by atoms with Crippen molar-refractivity contribution in [2.75, 3.05) is 23.3 Å². The van der Waals surface area contributed by atoms with E-state index in [1.165, 1.54) is 29.6 Å². The summed E-state index contributed by atoms with van der Waals surface area (Å²) in [5, 5.41) is 10.3. The number of anilines is 2. The predicted octanol–water partition coefficient (Wildman–Crippen LogP) is 3.57. The molecule has 3 heterocycles. The van der Waals surface area contributed by atoms with Crippen molar-refractivity contribution in [3.63, 3.8) is 0 Å². The third kappa shape index (κ3) is 3.74. The van der Waals surface area contributed by atoms with Gasteiger partial charge in [-0.2, -0.15) is 5.10 Å². The van der Waals surface area contributed by atoms with Crippen molar-refractivity contribution in [1.82, 2.24) is 14.8 Å². The van der Waals surface area contributed by atoms with Crippen LogP contribution in [-0.2, 0) is 11.3 Å². The number of benzene rings is 2. The molecule has 2 aromatic carbocycles. The molecule has 0 atom stereocenters. The van der Waals surface area contributed by atoms with E-state index in [-0.39, 0.29) is 18.0 Å². The van der Waals surface area contributed by atoms with Crippen LogP contribution in [0.5, 0.6) is 0 Å². The maximum absolute atomic E-state index is 12.8. The van der Waals surface area contributed by atoms with Crippen molar-refractivity contribution in [1.29, 1.82) is 0 Å². The summed E-state index contributed by atoms with van der Waals surface area (Å²) < 4.78 is 1.19. The third-order valence-electron chi connectivity index (χ3n) is 5.82. The van der Waals surface area contributed by atoms with Crippen molar-refractivity contribution in [2.45, 2.75) is 25.8 Å². The zero-order valence-corrected chi connectivity index (χ0v) is 17.1. The van der Waals surface area contributed by atoms with Crippen molar-refractivity contribution in [3.8, 4) is 0 Å². The second-order valence-electron chi connectivity index (χ2n) is 7.84. The van der Waals surface area contributed by atoms with Gasteiger partial charge in [0.15, 0.2) is 0 Å². The van der Waals surface area contributed by atoms with Gasteiger partial charge in [-0.3, -0.25) is 14.6 Å². The Hall–Kier alpha value is -3.74. The molecule has 1 aliphatic heterocycles. The van der Waals surface area contributed by atoms with Gasteiger partial charge in [0, 0.05) is 47.3 Å². The Labute approximate surface area is 179 Å². The van der Waals surface area contributed by atoms with E-state index < -0.39 is 0 Å². The van der Waals surface area contributed by atoms with Gasteiger partial charge in [-0.05, 0) is 43.5 Å². The largest absolute Gasteiger partial charge is 0.371 e. The van der Waals surface area contributed by atoms with Crippen molar-refractivity contribution >= 4 is 38.8 Å². The summed E-state index contributed by atoms with van der Waals surface area (Å²) in [4.78, 5) is 32.1. The smallest absolute Gasteiger partial charge is 0.275 e. The molecule has 156 valence electrons. The fourth-order valence-corrected chi connectivity index (χ4v) is 4.26. The van der Waals surface area contributed by atoms with Gasteiger partial charge in [0.1, 0.15) is 6.54 Å². The molecule has 1 aliphatic rings. The molecule has 1 amide bonds. The molecule has 7 heteroatoms. The summed E-state index contributed by atoms with van der Waals surface area (Å²) in [7, 11) is 0. The zero-order valence-electron chi connectivity index (χ0n) is 17.1. The molecule has 0 radical (unpaired) electrons. The average molecular weight is 413 g/mol. The van der Waals surface area contributed by atoms with Crippen LogP contribution in [0.25, 0.3) is 21.5 Å². The number of carbonyl (C=O) groups is 1. The molecular weight excluding hydrogens is 390 g/mol. The van der Waals surface area contributed by atoms with Gasteiger partial charge in [0.05, 0.1) is 17.3 Å². The molecule has 5 rings (SSSR count). The van der Waals surface area contributed by atoms with E-state index in [4.69, 9.17) is 0 Å². The van der Waals surface area contributed by atoms with Gasteiger partial charge in [-0.1, -0.05) is 18.2 Å². The first-order valence-electron chi connectivity index (χ1n) is 10.6. The van der Waals surface area contributed by atoms with E-state index in [2.05, 4.69) is 26.4 Å². The van der Waals surface area contributed by atoms with Crippen LogP contribution < -0.4 is 15.8 Å². The first kappa shape index (κ1) is 19.2. The Bertz CT molecular complexity index is 1320. The number of nitrogens with zero attached hydrogens (tertiary/aromatic N) is 4. The predicted molar refractivity (Wildman–Crippen MR) is 122 cm³/mol. The molecule has 0 spiro atoms. The molecule has 0 saturated carbocycles. The highest BCUT2D eigenvalue weighted by Crippen LogP contribution is 2.33. The van der Waals surface area contributed by atoms with E-state index in [1.54, 1.807) is 30.7 Å². The van der Waals surface area contributed by atoms with Crippen LogP contribution in [0.4, 0.5) is 11.4 Å². The molecule has 0 aliphatic carbocycles. The fourth-order valence-electron chi connectivity index (χ4n) is 4.26. The lowest BCUT2D eigenvalue weighted by atomic mass is 10.1. The Morgan fingerprint density at radius 3 is 2.65 bits per heavy atom. The van der Waals surface area contributed by atoms with Crippen LogP contribution in [0.3, 0.4) is 0 Å². The Balaban J connectivity index is 1.42. The van der Waals surface area contributed by atoms with Gasteiger partial charge in [0.25, 0.3) is 5.56 Å². The summed E-state index contributed by atoms with van der Waals surface area (Å²) in [6.45, 7) is 1.93. The molecule has 31 heavy (non-hydrogen) atoms. The lowest BCUT2D eigenvalue weighted by Crippen LogP contribution is -2.30. The molecule has 1 saturated heterocycles. The topological polar surface area (TPSA) is 80.1 Å². The van der Waals surface area contributed by atoms with Gasteiger partial charge in [0.2, 0.25) is 5.91 Å². The number of fused-ring (bicyclic) bond motifs is 2. The number of aromatic nitrogens is 3. The van der Waals surface area contributed by atoms with Gasteiger partial charge in [-0.25, -0.2) is 4.68 Å². The Morgan fingerprint density at radius 2 is 1.77 bits per heavy atom. The quantitative estimate of drug-likeness (QED) is 0.553. The van der Waals surface area contributed by atoms with E-state index in [1.807, 2.05) is 24.3 Å². The number of pyridine rings is 1. The summed E-state index contributed by atoms with van der Waals surface area (Å²) in [6, 6.07) is 13.2. The summed E-state index contributed by atoms with van der Waals surface area (Å²) in [5.74, 6) is -0.305. The van der Waals surface area contributed by atoms with Crippen LogP contribution in [0.1, 0.15) is 19.3 Å². The van der Waals surface area contributed by atoms with Crippen LogP contribution in [-0.4, -0.2) is 33.8 Å². The highest BCUT2D eigenvalue weighted by atomic mass is 16.2. The number of piperidine rings is 1. The summed E-state index contributed by atoms with van der Waals surface area (Å²) >= 11 is 0. The van der Waals surface area contributed by atoms with Gasteiger partial charge < -0.3 is 10.2 Å². The highest BCUT2D eigenvalue weighted by molar-refractivity contribution is 6.06. The number of hydrogen-bond donors (Lipinski definition) is 1. The Morgan fingerprint density at radius 1 is 0.935 bits per heavy atom. The van der Waals surface area contributed by atoms with Crippen LogP contribution in [0, 0.1) is 0 Å². The third-order valence-corrected chi connectivity index (χ3v) is 5.82. The molecule has 4 aromatic rings. The molecule has 1 fully saturated rings. The summed E-state index contributed by atoms with van der Waals surface area (Å²) in [5.41, 5.74) is 1.57. The van der Waals surface area contributed by atoms with E-state index in [0.29, 0.717) is 11.1 Å². The molecule has 7 nitrogen and oxygen atoms in total. The lowest BCUT2D eigenvalue weighted by Gasteiger charge is -2.30. The van der Waals surface area contributed by atoms with E-state index in [0.717, 1.165) is 29.2 Å². The lowest BCUT2D eigenvalue weighted by molar-refractivity contribution is -0.117. The molecule has 0 unspecified atom stereocenters. The molecule has 0 bridgehead atoms. The van der Waals surface area contributed by atoms with Gasteiger partial charge >= 0.3 is 0 Å². The monoisotopic (exact) mass is 413 g/mol.